The molecule has 1 aromatic heterocycles. The molecule has 90 valence electrons. The van der Waals surface area contributed by atoms with E-state index in [9.17, 15) is 4.79 Å². The summed E-state index contributed by atoms with van der Waals surface area (Å²) in [4.78, 5) is 11.3. The summed E-state index contributed by atoms with van der Waals surface area (Å²) >= 11 is 0. The summed E-state index contributed by atoms with van der Waals surface area (Å²) in [5.74, 6) is 0. The number of amides is 1. The van der Waals surface area contributed by atoms with Gasteiger partial charge in [-0.25, -0.2) is 4.79 Å². The molecular weight excluding hydrogens is 206 g/mol. The zero-order chi connectivity index (χ0) is 12.0. The van der Waals surface area contributed by atoms with E-state index in [4.69, 9.17) is 4.74 Å². The van der Waals surface area contributed by atoms with Gasteiger partial charge in [0, 0.05) is 25.5 Å². The molecule has 1 amide bonds. The molecule has 0 aliphatic carbocycles. The van der Waals surface area contributed by atoms with Crippen molar-refractivity contribution in [1.29, 1.82) is 0 Å². The molecule has 0 saturated heterocycles. The molecule has 16 heavy (non-hydrogen) atoms. The third kappa shape index (κ3) is 5.29. The lowest BCUT2D eigenvalue weighted by Crippen LogP contribution is -2.35. The van der Waals surface area contributed by atoms with Crippen LogP contribution in [0.15, 0.2) is 24.5 Å². The molecule has 2 N–H and O–H groups in total. The van der Waals surface area contributed by atoms with E-state index in [2.05, 4.69) is 10.7 Å². The van der Waals surface area contributed by atoms with Crippen LogP contribution in [0, 0.1) is 0 Å². The molecule has 1 heterocycles. The molecule has 0 saturated carbocycles. The van der Waals surface area contributed by atoms with E-state index < -0.39 is 5.60 Å². The van der Waals surface area contributed by atoms with Gasteiger partial charge >= 0.3 is 6.09 Å². The Bertz CT molecular complexity index is 314. The number of carbonyl (C=O) groups is 1. The maximum absolute atomic E-state index is 11.3. The minimum absolute atomic E-state index is 0.387. The van der Waals surface area contributed by atoms with Crippen LogP contribution < -0.4 is 10.7 Å². The van der Waals surface area contributed by atoms with Crippen LogP contribution in [0.5, 0.6) is 0 Å². The van der Waals surface area contributed by atoms with Crippen LogP contribution in [0.2, 0.25) is 0 Å². The molecule has 0 aromatic carbocycles. The summed E-state index contributed by atoms with van der Waals surface area (Å²) in [6.07, 6.45) is 3.41. The quantitative estimate of drug-likeness (QED) is 0.764. The highest BCUT2D eigenvalue weighted by molar-refractivity contribution is 5.67. The number of alkyl carbamates (subject to hydrolysis) is 1. The van der Waals surface area contributed by atoms with Gasteiger partial charge in [-0.1, -0.05) is 0 Å². The van der Waals surface area contributed by atoms with Crippen LogP contribution in [0.25, 0.3) is 0 Å². The predicted molar refractivity (Wildman–Crippen MR) is 62.9 cm³/mol. The molecule has 0 aliphatic heterocycles. The second kappa shape index (κ2) is 5.44. The molecule has 0 atom stereocenters. The van der Waals surface area contributed by atoms with Gasteiger partial charge in [0.2, 0.25) is 0 Å². The number of ether oxygens (including phenoxy) is 1. The average molecular weight is 225 g/mol. The van der Waals surface area contributed by atoms with Gasteiger partial charge in [-0.05, 0) is 32.9 Å². The lowest BCUT2D eigenvalue weighted by molar-refractivity contribution is 0.0530. The van der Waals surface area contributed by atoms with Crippen molar-refractivity contribution in [1.82, 2.24) is 9.99 Å². The molecule has 5 heteroatoms. The van der Waals surface area contributed by atoms with Gasteiger partial charge < -0.3 is 15.5 Å². The summed E-state index contributed by atoms with van der Waals surface area (Å²) in [7, 11) is 0. The van der Waals surface area contributed by atoms with E-state index in [0.29, 0.717) is 13.1 Å². The second-order valence-corrected chi connectivity index (χ2v) is 4.43. The molecule has 0 bridgehead atoms. The van der Waals surface area contributed by atoms with Gasteiger partial charge in [0.05, 0.1) is 0 Å². The third-order valence-electron chi connectivity index (χ3n) is 1.69. The fourth-order valence-electron chi connectivity index (χ4n) is 1.10. The lowest BCUT2D eigenvalue weighted by atomic mass is 10.2. The maximum atomic E-state index is 11.3. The number of carbonyl (C=O) groups excluding carboxylic acids is 1. The minimum atomic E-state index is -0.446. The Morgan fingerprint density at radius 1 is 1.25 bits per heavy atom. The molecule has 1 aromatic rings. The van der Waals surface area contributed by atoms with E-state index in [0.717, 1.165) is 0 Å². The Balaban J connectivity index is 2.09. The summed E-state index contributed by atoms with van der Waals surface area (Å²) in [6, 6.07) is 3.85. The molecule has 0 aliphatic rings. The standard InChI is InChI=1S/C11H19N3O2/c1-11(2,3)16-10(15)12-6-7-13-14-8-4-5-9-14/h4-5,8-9,13H,6-7H2,1-3H3,(H,12,15). The van der Waals surface area contributed by atoms with Crippen molar-refractivity contribution < 1.29 is 9.53 Å². The van der Waals surface area contributed by atoms with Gasteiger partial charge in [0.1, 0.15) is 5.60 Å². The molecule has 0 radical (unpaired) electrons. The van der Waals surface area contributed by atoms with Crippen molar-refractivity contribution in [2.24, 2.45) is 0 Å². The summed E-state index contributed by atoms with van der Waals surface area (Å²) in [6.45, 7) is 6.68. The zero-order valence-electron chi connectivity index (χ0n) is 9.99. The number of nitrogens with one attached hydrogen (secondary N) is 2. The zero-order valence-corrected chi connectivity index (χ0v) is 9.99. The SMILES string of the molecule is CC(C)(C)OC(=O)NCCNn1cccc1. The van der Waals surface area contributed by atoms with Crippen LogP contribution in [-0.4, -0.2) is 29.5 Å². The largest absolute Gasteiger partial charge is 0.444 e. The normalized spacial score (nSPS) is 10.9. The Morgan fingerprint density at radius 3 is 2.44 bits per heavy atom. The van der Waals surface area contributed by atoms with E-state index in [1.807, 2.05) is 50.0 Å². The molecular formula is C11H19N3O2. The summed E-state index contributed by atoms with van der Waals surface area (Å²) in [5.41, 5.74) is 2.64. The first-order valence-electron chi connectivity index (χ1n) is 5.31. The molecule has 0 unspecified atom stereocenters. The number of rotatable bonds is 4. The van der Waals surface area contributed by atoms with Crippen molar-refractivity contribution in [3.8, 4) is 0 Å². The molecule has 1 rings (SSSR count). The monoisotopic (exact) mass is 225 g/mol. The Hall–Kier alpha value is -1.65. The fraction of sp³-hybridized carbons (Fsp3) is 0.545. The predicted octanol–water partition coefficient (Wildman–Crippen LogP) is 1.56. The lowest BCUT2D eigenvalue weighted by Gasteiger charge is -2.19. The van der Waals surface area contributed by atoms with Crippen LogP contribution in [0.4, 0.5) is 4.79 Å². The highest BCUT2D eigenvalue weighted by Crippen LogP contribution is 2.05. The van der Waals surface area contributed by atoms with Crippen molar-refractivity contribution in [2.75, 3.05) is 18.5 Å². The number of hydrogen-bond donors (Lipinski definition) is 2. The van der Waals surface area contributed by atoms with Crippen molar-refractivity contribution >= 4 is 6.09 Å². The van der Waals surface area contributed by atoms with Gasteiger partial charge in [0.15, 0.2) is 0 Å². The van der Waals surface area contributed by atoms with E-state index in [-0.39, 0.29) is 6.09 Å². The molecule has 5 nitrogen and oxygen atoms in total. The third-order valence-corrected chi connectivity index (χ3v) is 1.69. The van der Waals surface area contributed by atoms with Crippen molar-refractivity contribution in [2.45, 2.75) is 26.4 Å². The van der Waals surface area contributed by atoms with Crippen LogP contribution in [0.1, 0.15) is 20.8 Å². The second-order valence-electron chi connectivity index (χ2n) is 4.43. The Morgan fingerprint density at radius 2 is 1.88 bits per heavy atom. The summed E-state index contributed by atoms with van der Waals surface area (Å²) in [5, 5.41) is 2.66. The Kier molecular flexibility index (Phi) is 4.22. The van der Waals surface area contributed by atoms with Crippen molar-refractivity contribution in [3.63, 3.8) is 0 Å². The fourth-order valence-corrected chi connectivity index (χ4v) is 1.10. The first-order valence-corrected chi connectivity index (χ1v) is 5.31. The van der Waals surface area contributed by atoms with E-state index in [1.54, 1.807) is 0 Å². The van der Waals surface area contributed by atoms with E-state index >= 15 is 0 Å². The number of hydrogen-bond acceptors (Lipinski definition) is 3. The highest BCUT2D eigenvalue weighted by Gasteiger charge is 2.15. The topological polar surface area (TPSA) is 55.3 Å². The van der Waals surface area contributed by atoms with Gasteiger partial charge in [0.25, 0.3) is 0 Å². The first kappa shape index (κ1) is 12.4. The molecule has 0 fully saturated rings. The number of nitrogens with zero attached hydrogens (tertiary/aromatic N) is 1. The van der Waals surface area contributed by atoms with E-state index in [1.165, 1.54) is 0 Å². The average Bonchev–Trinajstić information content (AvgIpc) is 2.62. The van der Waals surface area contributed by atoms with Gasteiger partial charge in [-0.15, -0.1) is 0 Å². The maximum Gasteiger partial charge on any atom is 0.407 e. The molecule has 0 spiro atoms. The van der Waals surface area contributed by atoms with Crippen LogP contribution in [0.3, 0.4) is 0 Å². The van der Waals surface area contributed by atoms with Gasteiger partial charge in [-0.2, -0.15) is 0 Å². The first-order chi connectivity index (χ1) is 7.47. The number of aromatic nitrogens is 1. The smallest absolute Gasteiger partial charge is 0.407 e. The summed E-state index contributed by atoms with van der Waals surface area (Å²) < 4.78 is 6.92. The van der Waals surface area contributed by atoms with Crippen molar-refractivity contribution in [3.05, 3.63) is 24.5 Å². The highest BCUT2D eigenvalue weighted by atomic mass is 16.6. The Labute approximate surface area is 95.8 Å². The van der Waals surface area contributed by atoms with Crippen LogP contribution >= 0.6 is 0 Å². The van der Waals surface area contributed by atoms with Crippen LogP contribution in [-0.2, 0) is 4.74 Å². The van der Waals surface area contributed by atoms with Gasteiger partial charge in [-0.3, -0.25) is 4.68 Å². The minimum Gasteiger partial charge on any atom is -0.444 e.